The van der Waals surface area contributed by atoms with Crippen molar-refractivity contribution in [3.8, 4) is 11.5 Å². The Hall–Kier alpha value is -3.86. The van der Waals surface area contributed by atoms with Gasteiger partial charge in [-0.25, -0.2) is 8.42 Å². The molecule has 0 spiro atoms. The zero-order valence-corrected chi connectivity index (χ0v) is 18.3. The first-order valence-corrected chi connectivity index (χ1v) is 11.6. The van der Waals surface area contributed by atoms with Gasteiger partial charge in [-0.1, -0.05) is 23.4 Å². The minimum Gasteiger partial charge on any atom is -0.454 e. The topological polar surface area (TPSA) is 128 Å². The number of aromatic nitrogens is 1. The molecule has 0 saturated carbocycles. The monoisotopic (exact) mass is 469 g/mol. The molecule has 0 aliphatic carbocycles. The van der Waals surface area contributed by atoms with Crippen molar-refractivity contribution in [3.63, 3.8) is 0 Å². The number of rotatable bonds is 4. The summed E-state index contributed by atoms with van der Waals surface area (Å²) in [6, 6.07) is 12.5. The number of ether oxygens (including phenoxy) is 2. The maximum atomic E-state index is 13.6. The number of para-hydroxylation sites is 1. The van der Waals surface area contributed by atoms with E-state index in [2.05, 4.69) is 10.5 Å². The molecule has 170 valence electrons. The summed E-state index contributed by atoms with van der Waals surface area (Å²) >= 11 is 0. The number of sulfone groups is 1. The van der Waals surface area contributed by atoms with Gasteiger partial charge in [0.25, 0.3) is 0 Å². The van der Waals surface area contributed by atoms with Crippen molar-refractivity contribution >= 4 is 33.2 Å². The van der Waals surface area contributed by atoms with Gasteiger partial charge >= 0.3 is 0 Å². The van der Waals surface area contributed by atoms with Gasteiger partial charge in [0.15, 0.2) is 27.2 Å². The van der Waals surface area contributed by atoms with E-state index in [9.17, 15) is 18.0 Å². The second kappa shape index (κ2) is 7.93. The van der Waals surface area contributed by atoms with E-state index in [-0.39, 0.29) is 36.2 Å². The third kappa shape index (κ3) is 3.80. The summed E-state index contributed by atoms with van der Waals surface area (Å²) in [4.78, 5) is 27.1. The normalized spacial score (nSPS) is 18.5. The Morgan fingerprint density at radius 1 is 1.15 bits per heavy atom. The molecule has 0 fully saturated rings. The standard InChI is InChI=1S/C22H19N3O7S/c1-13-8-20(24-32-13)23-21(26)11-25-15-4-2-3-5-18(15)33(28,29)19(10-22(25)27)14-6-7-16-17(9-14)31-12-30-16/h2-9,19H,10-12H2,1H3,(H,23,24,26). The van der Waals surface area contributed by atoms with Gasteiger partial charge in [0.2, 0.25) is 18.6 Å². The number of carbonyl (C=O) groups excluding carboxylic acids is 2. The number of anilines is 2. The summed E-state index contributed by atoms with van der Waals surface area (Å²) in [6.45, 7) is 1.34. The Labute approximate surface area is 189 Å². The Kier molecular flexibility index (Phi) is 5.05. The maximum absolute atomic E-state index is 13.6. The molecule has 0 saturated heterocycles. The summed E-state index contributed by atoms with van der Waals surface area (Å²) in [5.74, 6) is 0.617. The average molecular weight is 469 g/mol. The van der Waals surface area contributed by atoms with E-state index in [0.717, 1.165) is 0 Å². The largest absolute Gasteiger partial charge is 0.454 e. The summed E-state index contributed by atoms with van der Waals surface area (Å²) in [5.41, 5.74) is 0.559. The van der Waals surface area contributed by atoms with Crippen LogP contribution in [-0.2, 0) is 19.4 Å². The number of aryl methyl sites for hydroxylation is 1. The molecular weight excluding hydrogens is 450 g/mol. The van der Waals surface area contributed by atoms with Crippen LogP contribution in [0.3, 0.4) is 0 Å². The van der Waals surface area contributed by atoms with Crippen LogP contribution in [0.15, 0.2) is 57.9 Å². The molecule has 11 heteroatoms. The van der Waals surface area contributed by atoms with Crippen LogP contribution in [0.5, 0.6) is 11.5 Å². The van der Waals surface area contributed by atoms with Gasteiger partial charge in [0, 0.05) is 12.5 Å². The fourth-order valence-corrected chi connectivity index (χ4v) is 5.83. The van der Waals surface area contributed by atoms with Crippen LogP contribution < -0.4 is 19.7 Å². The first-order valence-electron chi connectivity index (χ1n) is 10.1. The molecule has 3 aromatic rings. The fraction of sp³-hybridized carbons (Fsp3) is 0.227. The van der Waals surface area contributed by atoms with E-state index in [1.165, 1.54) is 23.1 Å². The van der Waals surface area contributed by atoms with Crippen molar-refractivity contribution in [2.24, 2.45) is 0 Å². The van der Waals surface area contributed by atoms with Crippen LogP contribution in [0.1, 0.15) is 23.0 Å². The molecular formula is C22H19N3O7S. The first kappa shape index (κ1) is 21.0. The summed E-state index contributed by atoms with van der Waals surface area (Å²) in [6.07, 6.45) is -0.340. The molecule has 33 heavy (non-hydrogen) atoms. The quantitative estimate of drug-likeness (QED) is 0.618. The van der Waals surface area contributed by atoms with Crippen molar-refractivity contribution in [2.75, 3.05) is 23.6 Å². The highest BCUT2D eigenvalue weighted by atomic mass is 32.2. The molecule has 0 radical (unpaired) electrons. The highest BCUT2D eigenvalue weighted by molar-refractivity contribution is 7.92. The fourth-order valence-electron chi connectivity index (χ4n) is 3.92. The molecule has 3 heterocycles. The number of nitrogens with zero attached hydrogens (tertiary/aromatic N) is 2. The van der Waals surface area contributed by atoms with Crippen molar-refractivity contribution in [2.45, 2.75) is 23.5 Å². The molecule has 1 aromatic heterocycles. The van der Waals surface area contributed by atoms with Gasteiger partial charge in [0.05, 0.1) is 15.8 Å². The van der Waals surface area contributed by atoms with Crippen LogP contribution in [0.4, 0.5) is 11.5 Å². The zero-order valence-electron chi connectivity index (χ0n) is 17.5. The predicted molar refractivity (Wildman–Crippen MR) is 116 cm³/mol. The number of hydrogen-bond acceptors (Lipinski definition) is 8. The lowest BCUT2D eigenvalue weighted by Gasteiger charge is -2.21. The number of carbonyl (C=O) groups is 2. The smallest absolute Gasteiger partial charge is 0.245 e. The number of fused-ring (bicyclic) bond motifs is 2. The molecule has 1 atom stereocenters. The van der Waals surface area contributed by atoms with Crippen molar-refractivity contribution in [3.05, 3.63) is 59.9 Å². The van der Waals surface area contributed by atoms with Gasteiger partial charge in [0.1, 0.15) is 12.3 Å². The van der Waals surface area contributed by atoms with Crippen LogP contribution in [-0.4, -0.2) is 38.7 Å². The maximum Gasteiger partial charge on any atom is 0.245 e. The molecule has 0 bridgehead atoms. The summed E-state index contributed by atoms with van der Waals surface area (Å²) < 4.78 is 42.9. The van der Waals surface area contributed by atoms with Gasteiger partial charge in [-0.15, -0.1) is 0 Å². The minimum absolute atomic E-state index is 0.0244. The van der Waals surface area contributed by atoms with E-state index in [4.69, 9.17) is 14.0 Å². The van der Waals surface area contributed by atoms with Gasteiger partial charge in [-0.05, 0) is 36.8 Å². The van der Waals surface area contributed by atoms with E-state index >= 15 is 0 Å². The lowest BCUT2D eigenvalue weighted by molar-refractivity contribution is -0.121. The van der Waals surface area contributed by atoms with Crippen LogP contribution in [0, 0.1) is 6.92 Å². The van der Waals surface area contributed by atoms with Gasteiger partial charge in [-0.2, -0.15) is 0 Å². The first-order chi connectivity index (χ1) is 15.8. The number of hydrogen-bond donors (Lipinski definition) is 1. The second-order valence-electron chi connectivity index (χ2n) is 7.67. The Morgan fingerprint density at radius 3 is 2.73 bits per heavy atom. The molecule has 2 aliphatic heterocycles. The third-order valence-electron chi connectivity index (χ3n) is 5.46. The lowest BCUT2D eigenvalue weighted by Crippen LogP contribution is -2.38. The van der Waals surface area contributed by atoms with Crippen molar-refractivity contribution < 1.29 is 32.0 Å². The van der Waals surface area contributed by atoms with Gasteiger partial charge < -0.3 is 24.2 Å². The van der Waals surface area contributed by atoms with E-state index in [0.29, 0.717) is 22.8 Å². The molecule has 2 aromatic carbocycles. The Morgan fingerprint density at radius 2 is 1.94 bits per heavy atom. The molecule has 1 unspecified atom stereocenters. The lowest BCUT2D eigenvalue weighted by atomic mass is 10.1. The summed E-state index contributed by atoms with van der Waals surface area (Å²) in [5, 5.41) is 5.12. The van der Waals surface area contributed by atoms with Crippen molar-refractivity contribution in [1.82, 2.24) is 5.16 Å². The molecule has 5 rings (SSSR count). The minimum atomic E-state index is -3.96. The van der Waals surface area contributed by atoms with Gasteiger partial charge in [-0.3, -0.25) is 9.59 Å². The number of nitrogens with one attached hydrogen (secondary N) is 1. The van der Waals surface area contributed by atoms with Crippen molar-refractivity contribution in [1.29, 1.82) is 0 Å². The molecule has 1 N–H and O–H groups in total. The van der Waals surface area contributed by atoms with Crippen LogP contribution in [0.25, 0.3) is 0 Å². The SMILES string of the molecule is Cc1cc(NC(=O)CN2C(=O)CC(c3ccc4c(c3)OCO4)S(=O)(=O)c3ccccc32)no1. The number of amides is 2. The summed E-state index contributed by atoms with van der Waals surface area (Å²) in [7, 11) is -3.96. The van der Waals surface area contributed by atoms with E-state index < -0.39 is 26.9 Å². The van der Waals surface area contributed by atoms with E-state index in [1.807, 2.05) is 0 Å². The zero-order chi connectivity index (χ0) is 23.2. The Bertz CT molecular complexity index is 1370. The molecule has 10 nitrogen and oxygen atoms in total. The number of benzene rings is 2. The van der Waals surface area contributed by atoms with E-state index in [1.54, 1.807) is 37.3 Å². The second-order valence-corrected chi connectivity index (χ2v) is 9.77. The third-order valence-corrected chi connectivity index (χ3v) is 7.61. The predicted octanol–water partition coefficient (Wildman–Crippen LogP) is 2.60. The molecule has 2 amide bonds. The highest BCUT2D eigenvalue weighted by Crippen LogP contribution is 2.43. The molecule has 2 aliphatic rings. The average Bonchev–Trinajstić information content (AvgIpc) is 3.41. The van der Waals surface area contributed by atoms with Crippen LogP contribution >= 0.6 is 0 Å². The highest BCUT2D eigenvalue weighted by Gasteiger charge is 2.40. The Balaban J connectivity index is 1.51. The van der Waals surface area contributed by atoms with Crippen LogP contribution in [0.2, 0.25) is 0 Å².